The summed E-state index contributed by atoms with van der Waals surface area (Å²) in [4.78, 5) is 28.3. The molecular formula is C19H30N2O4. The summed E-state index contributed by atoms with van der Waals surface area (Å²) in [6, 6.07) is 3.59. The third kappa shape index (κ3) is 6.44. The van der Waals surface area contributed by atoms with E-state index in [0.717, 1.165) is 25.9 Å². The van der Waals surface area contributed by atoms with Gasteiger partial charge >= 0.3 is 6.09 Å². The van der Waals surface area contributed by atoms with Gasteiger partial charge in [0.15, 0.2) is 0 Å². The van der Waals surface area contributed by atoms with Crippen molar-refractivity contribution >= 4 is 12.0 Å². The lowest BCUT2D eigenvalue weighted by molar-refractivity contribution is -0.132. The molecule has 25 heavy (non-hydrogen) atoms. The second kappa shape index (κ2) is 8.41. The summed E-state index contributed by atoms with van der Waals surface area (Å²) in [7, 11) is 0. The Hall–Kier alpha value is -1.98. The molecule has 0 atom stereocenters. The summed E-state index contributed by atoms with van der Waals surface area (Å²) in [5.74, 6) is 1.45. The molecule has 1 aromatic heterocycles. The van der Waals surface area contributed by atoms with E-state index in [2.05, 4.69) is 6.92 Å². The van der Waals surface area contributed by atoms with E-state index >= 15 is 0 Å². The fourth-order valence-electron chi connectivity index (χ4n) is 2.80. The van der Waals surface area contributed by atoms with Crippen LogP contribution in [0.25, 0.3) is 0 Å². The van der Waals surface area contributed by atoms with Crippen molar-refractivity contribution in [3.8, 4) is 0 Å². The van der Waals surface area contributed by atoms with Crippen LogP contribution >= 0.6 is 0 Å². The minimum absolute atomic E-state index is 0.0971. The van der Waals surface area contributed by atoms with E-state index in [4.69, 9.17) is 9.15 Å². The predicted molar refractivity (Wildman–Crippen MR) is 94.9 cm³/mol. The minimum atomic E-state index is -0.578. The highest BCUT2D eigenvalue weighted by molar-refractivity contribution is 5.77. The Bertz CT molecular complexity index is 554. The van der Waals surface area contributed by atoms with Gasteiger partial charge in [0.2, 0.25) is 5.91 Å². The van der Waals surface area contributed by atoms with Crippen molar-refractivity contribution in [2.24, 2.45) is 5.92 Å². The average molecular weight is 350 g/mol. The molecule has 1 saturated heterocycles. The molecule has 0 aromatic carbocycles. The van der Waals surface area contributed by atoms with Gasteiger partial charge in [-0.3, -0.25) is 4.79 Å². The van der Waals surface area contributed by atoms with Crippen LogP contribution in [-0.4, -0.2) is 47.0 Å². The third-order valence-electron chi connectivity index (χ3n) is 4.31. The molecule has 0 bridgehead atoms. The van der Waals surface area contributed by atoms with Gasteiger partial charge in [0.05, 0.1) is 12.8 Å². The molecule has 140 valence electrons. The maximum absolute atomic E-state index is 12.5. The fourth-order valence-corrected chi connectivity index (χ4v) is 2.80. The zero-order valence-corrected chi connectivity index (χ0v) is 15.8. The number of ether oxygens (including phenoxy) is 1. The van der Waals surface area contributed by atoms with Gasteiger partial charge in [-0.2, -0.15) is 0 Å². The van der Waals surface area contributed by atoms with Crippen molar-refractivity contribution < 1.29 is 18.7 Å². The molecule has 0 aliphatic carbocycles. The van der Waals surface area contributed by atoms with Crippen LogP contribution in [0.15, 0.2) is 22.8 Å². The van der Waals surface area contributed by atoms with E-state index in [0.29, 0.717) is 31.2 Å². The zero-order chi connectivity index (χ0) is 18.4. The Labute approximate surface area is 150 Å². The van der Waals surface area contributed by atoms with Gasteiger partial charge < -0.3 is 19.0 Å². The molecule has 6 nitrogen and oxygen atoms in total. The molecule has 0 unspecified atom stereocenters. The number of carbonyl (C=O) groups excluding carboxylic acids is 2. The summed E-state index contributed by atoms with van der Waals surface area (Å²) in [6.45, 7) is 9.94. The Morgan fingerprint density at radius 2 is 2.00 bits per heavy atom. The predicted octanol–water partition coefficient (Wildman–Crippen LogP) is 3.67. The smallest absolute Gasteiger partial charge is 0.410 e. The Balaban J connectivity index is 1.93. The van der Waals surface area contributed by atoms with E-state index in [1.165, 1.54) is 4.90 Å². The van der Waals surface area contributed by atoms with Gasteiger partial charge in [0.25, 0.3) is 0 Å². The lowest BCUT2D eigenvalue weighted by Gasteiger charge is -2.31. The van der Waals surface area contributed by atoms with Crippen molar-refractivity contribution in [1.29, 1.82) is 0 Å². The molecule has 1 fully saturated rings. The number of amides is 2. The second-order valence-electron chi connectivity index (χ2n) is 7.79. The van der Waals surface area contributed by atoms with Crippen LogP contribution in [0.2, 0.25) is 0 Å². The van der Waals surface area contributed by atoms with Crippen LogP contribution in [0.3, 0.4) is 0 Å². The maximum atomic E-state index is 12.5. The molecule has 6 heteroatoms. The van der Waals surface area contributed by atoms with Crippen LogP contribution in [0.1, 0.15) is 52.7 Å². The number of carbonyl (C=O) groups is 2. The first-order valence-electron chi connectivity index (χ1n) is 9.02. The summed E-state index contributed by atoms with van der Waals surface area (Å²) in [5.41, 5.74) is -0.578. The quantitative estimate of drug-likeness (QED) is 0.813. The summed E-state index contributed by atoms with van der Waals surface area (Å²) in [6.07, 6.45) is 3.54. The normalized spacial score (nSPS) is 15.9. The van der Waals surface area contributed by atoms with Crippen LogP contribution in [0, 0.1) is 5.92 Å². The molecule has 1 aromatic rings. The van der Waals surface area contributed by atoms with Crippen LogP contribution in [0.4, 0.5) is 4.79 Å². The molecular weight excluding hydrogens is 320 g/mol. The van der Waals surface area contributed by atoms with Crippen LogP contribution in [0.5, 0.6) is 0 Å². The number of hydrogen-bond acceptors (Lipinski definition) is 4. The SMILES string of the molecule is CC1CCN(C(=O)CCN(Cc2ccco2)C(=O)OC(C)(C)C)CC1. The molecule has 0 saturated carbocycles. The first-order valence-corrected chi connectivity index (χ1v) is 9.02. The number of hydrogen-bond donors (Lipinski definition) is 0. The molecule has 0 radical (unpaired) electrons. The maximum Gasteiger partial charge on any atom is 0.410 e. The van der Waals surface area contributed by atoms with Crippen molar-refractivity contribution in [3.63, 3.8) is 0 Å². The first kappa shape index (κ1) is 19.3. The highest BCUT2D eigenvalue weighted by Gasteiger charge is 2.25. The zero-order valence-electron chi connectivity index (χ0n) is 15.8. The van der Waals surface area contributed by atoms with Crippen LogP contribution in [-0.2, 0) is 16.1 Å². The highest BCUT2D eigenvalue weighted by Crippen LogP contribution is 2.18. The van der Waals surface area contributed by atoms with Gasteiger partial charge in [0.1, 0.15) is 11.4 Å². The standard InChI is InChI=1S/C19H30N2O4/c1-15-7-10-20(11-8-15)17(22)9-12-21(14-16-6-5-13-24-16)18(23)25-19(2,3)4/h5-6,13,15H,7-12,14H2,1-4H3. The van der Waals surface area contributed by atoms with Crippen molar-refractivity contribution in [1.82, 2.24) is 9.80 Å². The lowest BCUT2D eigenvalue weighted by atomic mass is 9.99. The van der Waals surface area contributed by atoms with E-state index in [1.807, 2.05) is 31.7 Å². The van der Waals surface area contributed by atoms with E-state index in [9.17, 15) is 9.59 Å². The molecule has 2 heterocycles. The van der Waals surface area contributed by atoms with E-state index in [1.54, 1.807) is 12.3 Å². The van der Waals surface area contributed by atoms with Crippen molar-refractivity contribution in [2.75, 3.05) is 19.6 Å². The number of nitrogens with zero attached hydrogens (tertiary/aromatic N) is 2. The first-order chi connectivity index (χ1) is 11.7. The Kier molecular flexibility index (Phi) is 6.51. The van der Waals surface area contributed by atoms with Gasteiger partial charge in [-0.25, -0.2) is 4.79 Å². The Morgan fingerprint density at radius 3 is 2.56 bits per heavy atom. The number of likely N-dealkylation sites (tertiary alicyclic amines) is 1. The van der Waals surface area contributed by atoms with Gasteiger partial charge in [-0.15, -0.1) is 0 Å². The monoisotopic (exact) mass is 350 g/mol. The van der Waals surface area contributed by atoms with Gasteiger partial charge in [-0.1, -0.05) is 6.92 Å². The van der Waals surface area contributed by atoms with Gasteiger partial charge in [0, 0.05) is 26.1 Å². The molecule has 2 rings (SSSR count). The molecule has 0 spiro atoms. The van der Waals surface area contributed by atoms with Crippen molar-refractivity contribution in [3.05, 3.63) is 24.2 Å². The summed E-state index contributed by atoms with van der Waals surface area (Å²) >= 11 is 0. The number of piperidine rings is 1. The number of furan rings is 1. The van der Waals surface area contributed by atoms with Gasteiger partial charge in [-0.05, 0) is 51.7 Å². The van der Waals surface area contributed by atoms with E-state index < -0.39 is 11.7 Å². The fraction of sp³-hybridized carbons (Fsp3) is 0.684. The lowest BCUT2D eigenvalue weighted by Crippen LogP contribution is -2.41. The Morgan fingerprint density at radius 1 is 1.32 bits per heavy atom. The molecule has 0 N–H and O–H groups in total. The number of rotatable bonds is 5. The highest BCUT2D eigenvalue weighted by atomic mass is 16.6. The molecule has 1 aliphatic heterocycles. The largest absolute Gasteiger partial charge is 0.467 e. The van der Waals surface area contributed by atoms with E-state index in [-0.39, 0.29) is 5.91 Å². The second-order valence-corrected chi connectivity index (χ2v) is 7.79. The molecule has 1 aliphatic rings. The van der Waals surface area contributed by atoms with Crippen molar-refractivity contribution in [2.45, 2.75) is 59.1 Å². The summed E-state index contributed by atoms with van der Waals surface area (Å²) in [5, 5.41) is 0. The molecule has 2 amide bonds. The summed E-state index contributed by atoms with van der Waals surface area (Å²) < 4.78 is 10.8. The third-order valence-corrected chi connectivity index (χ3v) is 4.31. The average Bonchev–Trinajstić information content (AvgIpc) is 3.03. The minimum Gasteiger partial charge on any atom is -0.467 e. The van der Waals surface area contributed by atoms with Crippen LogP contribution < -0.4 is 0 Å². The topological polar surface area (TPSA) is 63.0 Å².